The number of anilines is 1. The largest absolute Gasteiger partial charge is 0.368 e. The highest BCUT2D eigenvalue weighted by molar-refractivity contribution is 6.29. The van der Waals surface area contributed by atoms with Gasteiger partial charge in [-0.25, -0.2) is 4.98 Å². The summed E-state index contributed by atoms with van der Waals surface area (Å²) in [6.07, 6.45) is 4.11. The smallest absolute Gasteiger partial charge is 0.274 e. The van der Waals surface area contributed by atoms with Crippen molar-refractivity contribution in [3.05, 3.63) is 58.8 Å². The first-order valence-electron chi connectivity index (χ1n) is 12.0. The van der Waals surface area contributed by atoms with Crippen LogP contribution < -0.4 is 10.2 Å². The van der Waals surface area contributed by atoms with E-state index in [1.807, 2.05) is 51.4 Å². The van der Waals surface area contributed by atoms with Crippen LogP contribution in [0.1, 0.15) is 53.6 Å². The quantitative estimate of drug-likeness (QED) is 0.525. The van der Waals surface area contributed by atoms with Gasteiger partial charge in [0.2, 0.25) is 5.91 Å². The Bertz CT molecular complexity index is 1110. The van der Waals surface area contributed by atoms with E-state index in [0.29, 0.717) is 37.4 Å². The summed E-state index contributed by atoms with van der Waals surface area (Å²) in [5.41, 5.74) is 1.89. The molecule has 1 aliphatic carbocycles. The van der Waals surface area contributed by atoms with Crippen molar-refractivity contribution < 1.29 is 14.4 Å². The molecule has 1 aromatic carbocycles. The van der Waals surface area contributed by atoms with Gasteiger partial charge in [-0.2, -0.15) is 0 Å². The predicted octanol–water partition coefficient (Wildman–Crippen LogP) is 3.47. The monoisotopic (exact) mass is 514 g/mol. The zero-order valence-electron chi connectivity index (χ0n) is 21.5. The van der Waals surface area contributed by atoms with Crippen LogP contribution in [0.3, 0.4) is 0 Å². The number of carbonyl (C=O) groups excluding carboxylic acids is 3. The van der Waals surface area contributed by atoms with Gasteiger partial charge in [-0.3, -0.25) is 14.4 Å². The van der Waals surface area contributed by atoms with Crippen molar-refractivity contribution in [3.63, 3.8) is 0 Å². The number of imidazole rings is 1. The molecule has 0 atom stereocenters. The van der Waals surface area contributed by atoms with Crippen molar-refractivity contribution >= 4 is 35.0 Å². The van der Waals surface area contributed by atoms with Crippen LogP contribution in [0.5, 0.6) is 0 Å². The van der Waals surface area contributed by atoms with E-state index < -0.39 is 0 Å². The van der Waals surface area contributed by atoms with E-state index in [2.05, 4.69) is 15.3 Å². The Labute approximate surface area is 217 Å². The van der Waals surface area contributed by atoms with Crippen LogP contribution >= 0.6 is 11.6 Å². The molecule has 3 amide bonds. The molecule has 1 heterocycles. The molecule has 10 heteroatoms. The van der Waals surface area contributed by atoms with E-state index in [9.17, 15) is 14.4 Å². The lowest BCUT2D eigenvalue weighted by atomic mass is 9.85. The molecule has 1 saturated carbocycles. The Morgan fingerprint density at radius 1 is 1.06 bits per heavy atom. The van der Waals surface area contributed by atoms with Crippen molar-refractivity contribution in [2.75, 3.05) is 39.6 Å². The van der Waals surface area contributed by atoms with Gasteiger partial charge in [0.05, 0.1) is 6.33 Å². The summed E-state index contributed by atoms with van der Waals surface area (Å²) in [6.45, 7) is 2.15. The summed E-state index contributed by atoms with van der Waals surface area (Å²) in [5.74, 6) is -0.734. The third-order valence-corrected chi connectivity index (χ3v) is 7.18. The van der Waals surface area contributed by atoms with Gasteiger partial charge in [-0.15, -0.1) is 0 Å². The minimum atomic E-state index is -0.376. The van der Waals surface area contributed by atoms with E-state index in [1.54, 1.807) is 23.9 Å². The molecule has 2 N–H and O–H groups in total. The molecule has 0 spiro atoms. The maximum absolute atomic E-state index is 13.0. The predicted molar refractivity (Wildman–Crippen MR) is 141 cm³/mol. The molecule has 0 saturated heterocycles. The molecular formula is C26H35ClN6O3. The van der Waals surface area contributed by atoms with Crippen LogP contribution in [0.15, 0.2) is 47.4 Å². The fraction of sp³-hybridized carbons (Fsp3) is 0.462. The fourth-order valence-electron chi connectivity index (χ4n) is 4.48. The number of hydrogen-bond acceptors (Lipinski definition) is 5. The fourth-order valence-corrected chi connectivity index (χ4v) is 4.54. The Hall–Kier alpha value is -3.33. The summed E-state index contributed by atoms with van der Waals surface area (Å²) in [7, 11) is 7.10. The molecule has 0 bridgehead atoms. The molecule has 1 aromatic heterocycles. The van der Waals surface area contributed by atoms with Crippen LogP contribution in [0.4, 0.5) is 5.69 Å². The number of carbonyl (C=O) groups is 3. The van der Waals surface area contributed by atoms with Gasteiger partial charge in [0.1, 0.15) is 10.9 Å². The topological polar surface area (TPSA) is 102 Å². The minimum Gasteiger partial charge on any atom is -0.368 e. The van der Waals surface area contributed by atoms with Crippen LogP contribution in [-0.4, -0.2) is 78.3 Å². The Morgan fingerprint density at radius 2 is 1.69 bits per heavy atom. The number of aromatic amines is 1. The number of benzene rings is 1. The molecule has 2 aromatic rings. The maximum Gasteiger partial charge on any atom is 0.274 e. The Balaban J connectivity index is 1.56. The SMILES string of the molecule is CC(CN(C)C(=O)c1nc[nH]c1C(=O)N[C@H]1CC[C@H](C(=O)N(C)c2ccccc2)CC1)=C(Cl)N(C)C. The van der Waals surface area contributed by atoms with Crippen molar-refractivity contribution in [3.8, 4) is 0 Å². The molecule has 9 nitrogen and oxygen atoms in total. The third-order valence-electron chi connectivity index (χ3n) is 6.52. The zero-order chi connectivity index (χ0) is 26.4. The summed E-state index contributed by atoms with van der Waals surface area (Å²) in [5, 5.41) is 3.56. The lowest BCUT2D eigenvalue weighted by molar-refractivity contribution is -0.123. The van der Waals surface area contributed by atoms with Gasteiger partial charge >= 0.3 is 0 Å². The van der Waals surface area contributed by atoms with Gasteiger partial charge < -0.3 is 25.0 Å². The number of hydrogen-bond donors (Lipinski definition) is 2. The Morgan fingerprint density at radius 3 is 2.31 bits per heavy atom. The lowest BCUT2D eigenvalue weighted by Gasteiger charge is -2.31. The van der Waals surface area contributed by atoms with Crippen molar-refractivity contribution in [2.45, 2.75) is 38.6 Å². The van der Waals surface area contributed by atoms with Crippen molar-refractivity contribution in [1.29, 1.82) is 0 Å². The molecule has 194 valence electrons. The van der Waals surface area contributed by atoms with Crippen LogP contribution in [0.25, 0.3) is 0 Å². The maximum atomic E-state index is 13.0. The van der Waals surface area contributed by atoms with Crippen molar-refractivity contribution in [2.24, 2.45) is 5.92 Å². The number of halogens is 1. The first-order chi connectivity index (χ1) is 17.1. The first-order valence-corrected chi connectivity index (χ1v) is 12.4. The second-order valence-electron chi connectivity index (χ2n) is 9.51. The highest BCUT2D eigenvalue weighted by Gasteiger charge is 2.31. The average Bonchev–Trinajstić information content (AvgIpc) is 3.38. The lowest BCUT2D eigenvalue weighted by Crippen LogP contribution is -2.42. The van der Waals surface area contributed by atoms with Crippen LogP contribution in [0, 0.1) is 5.92 Å². The van der Waals surface area contributed by atoms with Gasteiger partial charge in [0, 0.05) is 52.4 Å². The van der Waals surface area contributed by atoms with E-state index >= 15 is 0 Å². The third kappa shape index (κ3) is 6.46. The van der Waals surface area contributed by atoms with Gasteiger partial charge in [-0.1, -0.05) is 29.8 Å². The van der Waals surface area contributed by atoms with E-state index in [0.717, 1.165) is 11.3 Å². The van der Waals surface area contributed by atoms with Gasteiger partial charge in [-0.05, 0) is 50.3 Å². The number of nitrogens with zero attached hydrogens (tertiary/aromatic N) is 4. The number of para-hydroxylation sites is 1. The molecular weight excluding hydrogens is 480 g/mol. The van der Waals surface area contributed by atoms with E-state index in [1.165, 1.54) is 11.2 Å². The zero-order valence-corrected chi connectivity index (χ0v) is 22.3. The minimum absolute atomic E-state index is 0.0668. The summed E-state index contributed by atoms with van der Waals surface area (Å²) >= 11 is 6.27. The first kappa shape index (κ1) is 27.3. The number of nitrogens with one attached hydrogen (secondary N) is 2. The average molecular weight is 515 g/mol. The van der Waals surface area contributed by atoms with Crippen LogP contribution in [-0.2, 0) is 4.79 Å². The summed E-state index contributed by atoms with van der Waals surface area (Å²) in [4.78, 5) is 50.8. The Kier molecular flexibility index (Phi) is 9.14. The number of likely N-dealkylation sites (N-methyl/N-ethyl adjacent to an activating group) is 1. The molecule has 0 unspecified atom stereocenters. The number of aromatic nitrogens is 2. The molecule has 36 heavy (non-hydrogen) atoms. The van der Waals surface area contributed by atoms with E-state index in [-0.39, 0.29) is 41.1 Å². The number of amides is 3. The van der Waals surface area contributed by atoms with Gasteiger partial charge in [0.25, 0.3) is 11.8 Å². The normalized spacial score (nSPS) is 18.2. The molecule has 0 radical (unpaired) electrons. The number of H-pyrrole nitrogens is 1. The van der Waals surface area contributed by atoms with Crippen LogP contribution in [0.2, 0.25) is 0 Å². The molecule has 0 aliphatic heterocycles. The second-order valence-corrected chi connectivity index (χ2v) is 9.87. The highest BCUT2D eigenvalue weighted by Crippen LogP contribution is 2.28. The molecule has 3 rings (SSSR count). The molecule has 1 fully saturated rings. The van der Waals surface area contributed by atoms with Gasteiger partial charge in [0.15, 0.2) is 5.69 Å². The number of rotatable bonds is 8. The summed E-state index contributed by atoms with van der Waals surface area (Å²) < 4.78 is 0. The summed E-state index contributed by atoms with van der Waals surface area (Å²) in [6, 6.07) is 9.50. The van der Waals surface area contributed by atoms with E-state index in [4.69, 9.17) is 11.6 Å². The molecule has 1 aliphatic rings. The highest BCUT2D eigenvalue weighted by atomic mass is 35.5. The second kappa shape index (κ2) is 12.1. The standard InChI is InChI=1S/C26H35ClN6O3/c1-17(23(27)31(2)3)15-32(4)26(36)22-21(28-16-29-22)24(34)30-19-13-11-18(12-14-19)25(35)33(5)20-9-7-6-8-10-20/h6-10,16,18-19H,11-15H2,1-5H3,(H,28,29)(H,30,34)/t18-,19-. The van der Waals surface area contributed by atoms with Crippen molar-refractivity contribution in [1.82, 2.24) is 25.1 Å².